The number of piperidine rings is 1. The van der Waals surface area contributed by atoms with Gasteiger partial charge in [0, 0.05) is 36.9 Å². The number of fused-ring (bicyclic) bond motifs is 1. The number of likely N-dealkylation sites (tertiary alicyclic amines) is 1. The highest BCUT2D eigenvalue weighted by molar-refractivity contribution is 7.89. The minimum atomic E-state index is -3.58. The Kier molecular flexibility index (Phi) is 6.61. The number of sulfonamides is 1. The van der Waals surface area contributed by atoms with Crippen LogP contribution in [-0.2, 0) is 14.8 Å². The highest BCUT2D eigenvalue weighted by Crippen LogP contribution is 2.33. The standard InChI is InChI=1S/C25H32N4O3S/c1-17-13-20(33(31,32)28(3)4)14-24(18(17)2)27-25(30)16-29-11-9-19(10-12-29)22-15-26-23-8-6-5-7-21(22)23/h5-8,13-15,19,26H,9-12,16H2,1-4H3,(H,27,30). The van der Waals surface area contributed by atoms with Crippen LogP contribution in [0, 0.1) is 13.8 Å². The molecule has 1 fully saturated rings. The van der Waals surface area contributed by atoms with Gasteiger partial charge in [-0.25, -0.2) is 12.7 Å². The van der Waals surface area contributed by atoms with Crippen LogP contribution in [0.15, 0.2) is 47.5 Å². The van der Waals surface area contributed by atoms with Crippen molar-refractivity contribution in [3.8, 4) is 0 Å². The Hall–Kier alpha value is -2.68. The molecule has 3 aromatic rings. The number of hydrogen-bond donors (Lipinski definition) is 2. The van der Waals surface area contributed by atoms with Crippen LogP contribution in [0.1, 0.15) is 35.4 Å². The van der Waals surface area contributed by atoms with Gasteiger partial charge in [0.1, 0.15) is 0 Å². The predicted octanol–water partition coefficient (Wildman–Crippen LogP) is 3.85. The molecule has 0 bridgehead atoms. The van der Waals surface area contributed by atoms with E-state index in [1.807, 2.05) is 19.9 Å². The molecule has 2 aromatic carbocycles. The van der Waals surface area contributed by atoms with Crippen LogP contribution in [0.5, 0.6) is 0 Å². The number of aromatic nitrogens is 1. The van der Waals surface area contributed by atoms with Crippen LogP contribution in [0.3, 0.4) is 0 Å². The number of amides is 1. The number of nitrogens with one attached hydrogen (secondary N) is 2. The number of anilines is 1. The Morgan fingerprint density at radius 3 is 2.55 bits per heavy atom. The van der Waals surface area contributed by atoms with Crippen molar-refractivity contribution in [1.29, 1.82) is 0 Å². The maximum Gasteiger partial charge on any atom is 0.242 e. The van der Waals surface area contributed by atoms with Gasteiger partial charge in [0.2, 0.25) is 15.9 Å². The molecule has 0 spiro atoms. The van der Waals surface area contributed by atoms with E-state index in [4.69, 9.17) is 0 Å². The highest BCUT2D eigenvalue weighted by Gasteiger charge is 2.25. The van der Waals surface area contributed by atoms with Crippen LogP contribution in [0.25, 0.3) is 10.9 Å². The normalized spacial score (nSPS) is 15.9. The van der Waals surface area contributed by atoms with Crippen molar-refractivity contribution in [2.45, 2.75) is 37.5 Å². The van der Waals surface area contributed by atoms with Crippen molar-refractivity contribution in [3.05, 3.63) is 59.3 Å². The summed E-state index contributed by atoms with van der Waals surface area (Å²) in [4.78, 5) is 18.5. The largest absolute Gasteiger partial charge is 0.361 e. The maximum absolute atomic E-state index is 12.8. The second-order valence-electron chi connectivity index (χ2n) is 9.09. The fraction of sp³-hybridized carbons (Fsp3) is 0.400. The first-order chi connectivity index (χ1) is 15.7. The summed E-state index contributed by atoms with van der Waals surface area (Å²) in [6, 6.07) is 11.6. The number of carbonyl (C=O) groups excluding carboxylic acids is 1. The molecule has 2 N–H and O–H groups in total. The maximum atomic E-state index is 12.8. The van der Waals surface area contributed by atoms with E-state index in [0.717, 1.165) is 37.1 Å². The highest BCUT2D eigenvalue weighted by atomic mass is 32.2. The average molecular weight is 469 g/mol. The van der Waals surface area contributed by atoms with Gasteiger partial charge in [-0.3, -0.25) is 9.69 Å². The van der Waals surface area contributed by atoms with Crippen molar-refractivity contribution in [2.24, 2.45) is 0 Å². The van der Waals surface area contributed by atoms with E-state index in [9.17, 15) is 13.2 Å². The smallest absolute Gasteiger partial charge is 0.242 e. The number of aromatic amines is 1. The lowest BCUT2D eigenvalue weighted by molar-refractivity contribution is -0.117. The molecule has 0 unspecified atom stereocenters. The lowest BCUT2D eigenvalue weighted by Gasteiger charge is -2.31. The number of aryl methyl sites for hydroxylation is 1. The molecule has 1 aromatic heterocycles. The Morgan fingerprint density at radius 2 is 1.85 bits per heavy atom. The molecule has 0 atom stereocenters. The SMILES string of the molecule is Cc1cc(S(=O)(=O)N(C)C)cc(NC(=O)CN2CCC(c3c[nH]c4ccccc34)CC2)c1C. The molecule has 1 aliphatic rings. The summed E-state index contributed by atoms with van der Waals surface area (Å²) >= 11 is 0. The van der Waals surface area contributed by atoms with E-state index in [1.54, 1.807) is 12.1 Å². The number of rotatable bonds is 6. The quantitative estimate of drug-likeness (QED) is 0.575. The first-order valence-corrected chi connectivity index (χ1v) is 12.7. The molecule has 1 amide bonds. The van der Waals surface area contributed by atoms with Crippen LogP contribution in [0.4, 0.5) is 5.69 Å². The molecular weight excluding hydrogens is 436 g/mol. The molecule has 0 radical (unpaired) electrons. The fourth-order valence-corrected chi connectivity index (χ4v) is 5.56. The van der Waals surface area contributed by atoms with E-state index in [2.05, 4.69) is 39.6 Å². The Morgan fingerprint density at radius 1 is 1.15 bits per heavy atom. The monoisotopic (exact) mass is 468 g/mol. The van der Waals surface area contributed by atoms with Gasteiger partial charge in [0.25, 0.3) is 0 Å². The third-order valence-corrected chi connectivity index (χ3v) is 8.50. The van der Waals surface area contributed by atoms with Crippen molar-refractivity contribution in [1.82, 2.24) is 14.2 Å². The van der Waals surface area contributed by atoms with Crippen molar-refractivity contribution in [3.63, 3.8) is 0 Å². The third-order valence-electron chi connectivity index (χ3n) is 6.71. The Balaban J connectivity index is 1.40. The summed E-state index contributed by atoms with van der Waals surface area (Å²) < 4.78 is 26.3. The van der Waals surface area contributed by atoms with Gasteiger partial charge in [-0.2, -0.15) is 0 Å². The van der Waals surface area contributed by atoms with Gasteiger partial charge in [0.05, 0.1) is 11.4 Å². The van der Waals surface area contributed by atoms with Crippen LogP contribution < -0.4 is 5.32 Å². The molecule has 7 nitrogen and oxygen atoms in total. The molecule has 2 heterocycles. The Labute approximate surface area is 195 Å². The van der Waals surface area contributed by atoms with Gasteiger partial charge in [-0.1, -0.05) is 18.2 Å². The zero-order chi connectivity index (χ0) is 23.8. The number of nitrogens with zero attached hydrogens (tertiary/aromatic N) is 2. The second kappa shape index (κ2) is 9.29. The lowest BCUT2D eigenvalue weighted by atomic mass is 9.89. The van der Waals surface area contributed by atoms with Crippen LogP contribution in [0.2, 0.25) is 0 Å². The average Bonchev–Trinajstić information content (AvgIpc) is 3.21. The summed E-state index contributed by atoms with van der Waals surface area (Å²) in [6.07, 6.45) is 4.13. The number of hydrogen-bond acceptors (Lipinski definition) is 4. The van der Waals surface area contributed by atoms with Gasteiger partial charge in [0.15, 0.2) is 0 Å². The summed E-state index contributed by atoms with van der Waals surface area (Å²) in [7, 11) is -0.571. The lowest BCUT2D eigenvalue weighted by Crippen LogP contribution is -2.38. The number of benzene rings is 2. The minimum absolute atomic E-state index is 0.123. The molecule has 1 aliphatic heterocycles. The predicted molar refractivity (Wildman–Crippen MR) is 132 cm³/mol. The zero-order valence-electron chi connectivity index (χ0n) is 19.7. The zero-order valence-corrected chi connectivity index (χ0v) is 20.5. The van der Waals surface area contributed by atoms with E-state index in [1.165, 1.54) is 34.9 Å². The summed E-state index contributed by atoms with van der Waals surface area (Å²) in [5.74, 6) is 0.362. The van der Waals surface area contributed by atoms with Gasteiger partial charge < -0.3 is 10.3 Å². The van der Waals surface area contributed by atoms with Crippen LogP contribution >= 0.6 is 0 Å². The van der Waals surface area contributed by atoms with E-state index < -0.39 is 10.0 Å². The van der Waals surface area contributed by atoms with Gasteiger partial charge >= 0.3 is 0 Å². The molecule has 4 rings (SSSR count). The molecule has 0 saturated carbocycles. The molecule has 1 saturated heterocycles. The van der Waals surface area contributed by atoms with E-state index in [-0.39, 0.29) is 10.8 Å². The minimum Gasteiger partial charge on any atom is -0.361 e. The van der Waals surface area contributed by atoms with Crippen molar-refractivity contribution in [2.75, 3.05) is 39.0 Å². The van der Waals surface area contributed by atoms with Crippen molar-refractivity contribution >= 4 is 32.5 Å². The summed E-state index contributed by atoms with van der Waals surface area (Å²) in [6.45, 7) is 5.75. The van der Waals surface area contributed by atoms with Gasteiger partial charge in [-0.05, 0) is 80.6 Å². The first kappa shape index (κ1) is 23.5. The summed E-state index contributed by atoms with van der Waals surface area (Å²) in [5.41, 5.74) is 4.78. The molecule has 176 valence electrons. The Bertz CT molecular complexity index is 1270. The number of H-pyrrole nitrogens is 1. The molecule has 8 heteroatoms. The molecule has 0 aliphatic carbocycles. The van der Waals surface area contributed by atoms with E-state index in [0.29, 0.717) is 18.2 Å². The summed E-state index contributed by atoms with van der Waals surface area (Å²) in [5, 5.41) is 4.23. The molecule has 33 heavy (non-hydrogen) atoms. The van der Waals surface area contributed by atoms with Crippen LogP contribution in [-0.4, -0.2) is 62.2 Å². The fourth-order valence-electron chi connectivity index (χ4n) is 4.54. The van der Waals surface area contributed by atoms with Crippen molar-refractivity contribution < 1.29 is 13.2 Å². The van der Waals surface area contributed by atoms with E-state index >= 15 is 0 Å². The first-order valence-electron chi connectivity index (χ1n) is 11.3. The third kappa shape index (κ3) is 4.83. The topological polar surface area (TPSA) is 85.5 Å². The van der Waals surface area contributed by atoms with Gasteiger partial charge in [-0.15, -0.1) is 0 Å². The number of para-hydroxylation sites is 1. The second-order valence-corrected chi connectivity index (χ2v) is 11.2. The number of carbonyl (C=O) groups is 1. The molecular formula is C25H32N4O3S.